The van der Waals surface area contributed by atoms with Gasteiger partial charge in [-0.3, -0.25) is 0 Å². The highest BCUT2D eigenvalue weighted by molar-refractivity contribution is 9.10. The van der Waals surface area contributed by atoms with Crippen LogP contribution in [0.25, 0.3) is 0 Å². The van der Waals surface area contributed by atoms with Gasteiger partial charge >= 0.3 is 0 Å². The van der Waals surface area contributed by atoms with Crippen molar-refractivity contribution in [1.29, 1.82) is 0 Å². The van der Waals surface area contributed by atoms with Crippen LogP contribution >= 0.6 is 15.9 Å². The Balaban J connectivity index is 3.45. The highest BCUT2D eigenvalue weighted by Gasteiger charge is 2.24. The average Bonchev–Trinajstić information content (AvgIpc) is 2.31. The van der Waals surface area contributed by atoms with E-state index in [2.05, 4.69) is 21.2 Å². The molecule has 1 rings (SSSR count). The van der Waals surface area contributed by atoms with Gasteiger partial charge in [-0.25, -0.2) is 8.42 Å². The molecule has 1 atom stereocenters. The molecule has 0 fully saturated rings. The number of hydrogen-bond acceptors (Lipinski definition) is 4. The molecule has 0 aliphatic heterocycles. The van der Waals surface area contributed by atoms with E-state index in [1.807, 2.05) is 26.8 Å². The van der Waals surface area contributed by atoms with Crippen LogP contribution in [-0.2, 0) is 9.84 Å². The second kappa shape index (κ2) is 6.91. The number of sulfone groups is 1. The zero-order chi connectivity index (χ0) is 15.5. The molecule has 1 unspecified atom stereocenters. The number of nitrogens with one attached hydrogen (secondary N) is 1. The number of ether oxygens (including phenoxy) is 1. The lowest BCUT2D eigenvalue weighted by atomic mass is 9.98. The van der Waals surface area contributed by atoms with Crippen LogP contribution in [0, 0.1) is 13.8 Å². The van der Waals surface area contributed by atoms with Gasteiger partial charge in [-0.1, -0.05) is 22.9 Å². The molecule has 0 aromatic heterocycles. The summed E-state index contributed by atoms with van der Waals surface area (Å²) in [5.41, 5.74) is 2.89. The van der Waals surface area contributed by atoms with E-state index in [9.17, 15) is 8.42 Å². The van der Waals surface area contributed by atoms with Gasteiger partial charge in [0.05, 0.1) is 18.9 Å². The molecule has 114 valence electrons. The van der Waals surface area contributed by atoms with Crippen LogP contribution in [0.5, 0.6) is 5.75 Å². The molecular weight excluding hydrogens is 342 g/mol. The normalized spacial score (nSPS) is 13.3. The predicted octanol–water partition coefficient (Wildman–Crippen LogP) is 2.77. The third-order valence-electron chi connectivity index (χ3n) is 3.18. The Kier molecular flexibility index (Phi) is 6.04. The molecule has 0 saturated carbocycles. The second-order valence-corrected chi connectivity index (χ2v) is 7.99. The summed E-state index contributed by atoms with van der Waals surface area (Å²) in [7, 11) is -1.48. The minimum absolute atomic E-state index is 0.0495. The molecule has 0 bridgehead atoms. The molecule has 0 spiro atoms. The lowest BCUT2D eigenvalue weighted by Gasteiger charge is -2.24. The Morgan fingerprint density at radius 2 is 2.00 bits per heavy atom. The first kappa shape index (κ1) is 17.5. The fraction of sp³-hybridized carbons (Fsp3) is 0.571. The molecule has 1 aromatic rings. The first-order valence-corrected chi connectivity index (χ1v) is 9.31. The second-order valence-electron chi connectivity index (χ2n) is 4.95. The zero-order valence-electron chi connectivity index (χ0n) is 12.6. The molecule has 0 aliphatic carbocycles. The Morgan fingerprint density at radius 3 is 2.45 bits per heavy atom. The third-order valence-corrected chi connectivity index (χ3v) is 4.94. The first-order valence-electron chi connectivity index (χ1n) is 6.46. The SMILES string of the molecule is CCNC(CS(C)(=O)=O)c1c(C)c(Br)cc(C)c1OC. The number of benzene rings is 1. The van der Waals surface area contributed by atoms with E-state index in [-0.39, 0.29) is 11.8 Å². The average molecular weight is 364 g/mol. The summed E-state index contributed by atoms with van der Waals surface area (Å²) in [6.45, 7) is 6.57. The minimum Gasteiger partial charge on any atom is -0.496 e. The van der Waals surface area contributed by atoms with Gasteiger partial charge in [0.2, 0.25) is 0 Å². The van der Waals surface area contributed by atoms with E-state index >= 15 is 0 Å². The van der Waals surface area contributed by atoms with Crippen molar-refractivity contribution in [2.24, 2.45) is 0 Å². The Morgan fingerprint density at radius 1 is 1.40 bits per heavy atom. The largest absolute Gasteiger partial charge is 0.496 e. The number of rotatable bonds is 6. The molecule has 6 heteroatoms. The summed E-state index contributed by atoms with van der Waals surface area (Å²) in [4.78, 5) is 0. The van der Waals surface area contributed by atoms with Crippen molar-refractivity contribution in [3.63, 3.8) is 0 Å². The summed E-state index contributed by atoms with van der Waals surface area (Å²) in [6.07, 6.45) is 1.25. The third kappa shape index (κ3) is 4.20. The van der Waals surface area contributed by atoms with Crippen molar-refractivity contribution in [1.82, 2.24) is 5.32 Å². The van der Waals surface area contributed by atoms with Crippen LogP contribution in [-0.4, -0.2) is 34.1 Å². The number of methoxy groups -OCH3 is 1. The fourth-order valence-corrected chi connectivity index (χ4v) is 3.81. The topological polar surface area (TPSA) is 55.4 Å². The van der Waals surface area contributed by atoms with Crippen molar-refractivity contribution in [2.75, 3.05) is 25.7 Å². The zero-order valence-corrected chi connectivity index (χ0v) is 15.0. The van der Waals surface area contributed by atoms with E-state index in [1.165, 1.54) is 6.26 Å². The molecule has 0 aliphatic rings. The maximum absolute atomic E-state index is 11.7. The lowest BCUT2D eigenvalue weighted by molar-refractivity contribution is 0.398. The first-order chi connectivity index (χ1) is 9.21. The highest BCUT2D eigenvalue weighted by Crippen LogP contribution is 2.36. The molecule has 4 nitrogen and oxygen atoms in total. The van der Waals surface area contributed by atoms with Gasteiger partial charge < -0.3 is 10.1 Å². The van der Waals surface area contributed by atoms with Crippen LogP contribution < -0.4 is 10.1 Å². The van der Waals surface area contributed by atoms with Crippen molar-refractivity contribution in [3.05, 3.63) is 27.2 Å². The summed E-state index contributed by atoms with van der Waals surface area (Å²) in [6, 6.07) is 1.71. The van der Waals surface area contributed by atoms with Crippen LogP contribution in [0.1, 0.15) is 29.7 Å². The van der Waals surface area contributed by atoms with E-state index in [1.54, 1.807) is 7.11 Å². The van der Waals surface area contributed by atoms with Crippen LogP contribution in [0.2, 0.25) is 0 Å². The van der Waals surface area contributed by atoms with Gasteiger partial charge in [0.15, 0.2) is 0 Å². The molecule has 0 heterocycles. The van der Waals surface area contributed by atoms with Crippen molar-refractivity contribution >= 4 is 25.8 Å². The van der Waals surface area contributed by atoms with Crippen LogP contribution in [0.3, 0.4) is 0 Å². The molecule has 0 saturated heterocycles. The van der Waals surface area contributed by atoms with Gasteiger partial charge in [-0.15, -0.1) is 0 Å². The number of halogens is 1. The maximum atomic E-state index is 11.7. The van der Waals surface area contributed by atoms with Crippen LogP contribution in [0.15, 0.2) is 10.5 Å². The molecule has 20 heavy (non-hydrogen) atoms. The van der Waals surface area contributed by atoms with Gasteiger partial charge in [-0.2, -0.15) is 0 Å². The molecule has 1 N–H and O–H groups in total. The van der Waals surface area contributed by atoms with E-state index in [0.717, 1.165) is 26.9 Å². The van der Waals surface area contributed by atoms with Crippen LogP contribution in [0.4, 0.5) is 0 Å². The van der Waals surface area contributed by atoms with E-state index < -0.39 is 9.84 Å². The van der Waals surface area contributed by atoms with Gasteiger partial charge in [0.1, 0.15) is 15.6 Å². The van der Waals surface area contributed by atoms with Gasteiger partial charge in [0.25, 0.3) is 0 Å². The predicted molar refractivity (Wildman–Crippen MR) is 86.3 cm³/mol. The molecule has 0 amide bonds. The van der Waals surface area contributed by atoms with Gasteiger partial charge in [-0.05, 0) is 37.6 Å². The van der Waals surface area contributed by atoms with E-state index in [4.69, 9.17) is 4.74 Å². The molecular formula is C14H22BrNO3S. The Labute approximate surface area is 130 Å². The van der Waals surface area contributed by atoms with Crippen molar-refractivity contribution in [2.45, 2.75) is 26.8 Å². The smallest absolute Gasteiger partial charge is 0.149 e. The number of aryl methyl sites for hydroxylation is 1. The number of hydrogen-bond donors (Lipinski definition) is 1. The van der Waals surface area contributed by atoms with E-state index in [0.29, 0.717) is 6.54 Å². The Bertz CT molecular complexity index is 585. The summed E-state index contributed by atoms with van der Waals surface area (Å²) >= 11 is 3.53. The fourth-order valence-electron chi connectivity index (χ4n) is 2.36. The highest BCUT2D eigenvalue weighted by atomic mass is 79.9. The lowest BCUT2D eigenvalue weighted by Crippen LogP contribution is -2.29. The van der Waals surface area contributed by atoms with Crippen molar-refractivity contribution < 1.29 is 13.2 Å². The molecule has 1 aromatic carbocycles. The summed E-state index contributed by atoms with van der Waals surface area (Å²) in [5, 5.41) is 3.25. The molecule has 0 radical (unpaired) electrons. The standard InChI is InChI=1S/C14H22BrNO3S/c1-6-16-12(8-20(5,17)18)13-10(3)11(15)7-9(2)14(13)19-4/h7,12,16H,6,8H2,1-5H3. The monoisotopic (exact) mass is 363 g/mol. The Hall–Kier alpha value is -0.590. The quantitative estimate of drug-likeness (QED) is 0.844. The van der Waals surface area contributed by atoms with Crippen molar-refractivity contribution in [3.8, 4) is 5.75 Å². The summed E-state index contributed by atoms with van der Waals surface area (Å²) in [5.74, 6) is 0.800. The minimum atomic E-state index is -3.09. The van der Waals surface area contributed by atoms with Gasteiger partial charge in [0, 0.05) is 16.3 Å². The summed E-state index contributed by atoms with van der Waals surface area (Å²) < 4.78 is 29.8. The maximum Gasteiger partial charge on any atom is 0.149 e.